The number of hydrogen-bond donors (Lipinski definition) is 2. The highest BCUT2D eigenvalue weighted by Crippen LogP contribution is 2.23. The molecule has 1 atom stereocenters. The van der Waals surface area contributed by atoms with Crippen molar-refractivity contribution in [2.24, 2.45) is 0 Å². The van der Waals surface area contributed by atoms with Crippen molar-refractivity contribution >= 4 is 15.7 Å². The van der Waals surface area contributed by atoms with Crippen LogP contribution in [0.5, 0.6) is 0 Å². The van der Waals surface area contributed by atoms with Gasteiger partial charge in [0.2, 0.25) is 10.0 Å². The van der Waals surface area contributed by atoms with E-state index < -0.39 is 10.0 Å². The van der Waals surface area contributed by atoms with E-state index in [1.54, 1.807) is 12.1 Å². The highest BCUT2D eigenvalue weighted by molar-refractivity contribution is 7.89. The topological polar surface area (TPSA) is 67.4 Å². The predicted octanol–water partition coefficient (Wildman–Crippen LogP) is 2.11. The highest BCUT2D eigenvalue weighted by Gasteiger charge is 2.27. The zero-order chi connectivity index (χ0) is 14.7. The average molecular weight is 310 g/mol. The molecule has 0 aromatic heterocycles. The van der Waals surface area contributed by atoms with Crippen LogP contribution in [0.15, 0.2) is 29.2 Å². The number of benzene rings is 1. The molecule has 1 unspecified atom stereocenters. The minimum atomic E-state index is -3.35. The lowest BCUT2D eigenvalue weighted by Crippen LogP contribution is -2.25. The summed E-state index contributed by atoms with van der Waals surface area (Å²) in [6.07, 6.45) is 5.56. The molecular formula is C15H22N2O3S. The smallest absolute Gasteiger partial charge is 0.240 e. The van der Waals surface area contributed by atoms with Crippen molar-refractivity contribution in [3.8, 4) is 0 Å². The Morgan fingerprint density at radius 1 is 1.14 bits per heavy atom. The van der Waals surface area contributed by atoms with Crippen LogP contribution in [-0.2, 0) is 14.8 Å². The Labute approximate surface area is 126 Å². The molecule has 0 bridgehead atoms. The SMILES string of the molecule is O=S(=O)(NC1CC1)c1ccc(NCCC2CCCO2)cc1. The third-order valence-corrected chi connectivity index (χ3v) is 5.42. The summed E-state index contributed by atoms with van der Waals surface area (Å²) in [5.74, 6) is 0. The zero-order valence-corrected chi connectivity index (χ0v) is 12.9. The van der Waals surface area contributed by atoms with E-state index in [0.717, 1.165) is 50.9 Å². The van der Waals surface area contributed by atoms with Gasteiger partial charge in [0.1, 0.15) is 0 Å². The van der Waals surface area contributed by atoms with Crippen molar-refractivity contribution in [2.45, 2.75) is 49.1 Å². The van der Waals surface area contributed by atoms with E-state index >= 15 is 0 Å². The fourth-order valence-electron chi connectivity index (χ4n) is 2.49. The van der Waals surface area contributed by atoms with Crippen LogP contribution in [0.25, 0.3) is 0 Å². The summed E-state index contributed by atoms with van der Waals surface area (Å²) >= 11 is 0. The molecular weight excluding hydrogens is 288 g/mol. The zero-order valence-electron chi connectivity index (χ0n) is 12.0. The van der Waals surface area contributed by atoms with Gasteiger partial charge in [0.05, 0.1) is 11.0 Å². The lowest BCUT2D eigenvalue weighted by atomic mass is 10.2. The first-order valence-corrected chi connectivity index (χ1v) is 9.10. The summed E-state index contributed by atoms with van der Waals surface area (Å²) in [6.45, 7) is 1.72. The lowest BCUT2D eigenvalue weighted by Gasteiger charge is -2.11. The Morgan fingerprint density at radius 3 is 2.52 bits per heavy atom. The maximum absolute atomic E-state index is 12.0. The van der Waals surface area contributed by atoms with Gasteiger partial charge in [-0.1, -0.05) is 0 Å². The molecule has 1 aromatic rings. The molecule has 1 saturated carbocycles. The first-order valence-electron chi connectivity index (χ1n) is 7.61. The number of hydrogen-bond acceptors (Lipinski definition) is 4. The van der Waals surface area contributed by atoms with Gasteiger partial charge >= 0.3 is 0 Å². The molecule has 5 nitrogen and oxygen atoms in total. The normalized spacial score (nSPS) is 22.4. The van der Waals surface area contributed by atoms with Crippen LogP contribution in [0, 0.1) is 0 Å². The van der Waals surface area contributed by atoms with E-state index in [2.05, 4.69) is 10.0 Å². The standard InChI is InChI=1S/C15H22N2O3S/c18-21(19,17-13-3-4-13)15-7-5-12(6-8-15)16-10-9-14-2-1-11-20-14/h5-8,13-14,16-17H,1-4,9-11H2. The van der Waals surface area contributed by atoms with E-state index in [0.29, 0.717) is 11.0 Å². The van der Waals surface area contributed by atoms with E-state index in [-0.39, 0.29) is 6.04 Å². The van der Waals surface area contributed by atoms with Gasteiger partial charge in [0, 0.05) is 24.9 Å². The lowest BCUT2D eigenvalue weighted by molar-refractivity contribution is 0.107. The van der Waals surface area contributed by atoms with Crippen LogP contribution < -0.4 is 10.0 Å². The molecule has 6 heteroatoms. The summed E-state index contributed by atoms with van der Waals surface area (Å²) in [7, 11) is -3.35. The van der Waals surface area contributed by atoms with Crippen LogP contribution >= 0.6 is 0 Å². The monoisotopic (exact) mass is 310 g/mol. The van der Waals surface area contributed by atoms with Crippen molar-refractivity contribution in [3.63, 3.8) is 0 Å². The Kier molecular flexibility index (Phi) is 4.47. The van der Waals surface area contributed by atoms with E-state index in [9.17, 15) is 8.42 Å². The van der Waals surface area contributed by atoms with Crippen LogP contribution in [-0.4, -0.2) is 33.7 Å². The number of ether oxygens (including phenoxy) is 1. The third kappa shape index (κ3) is 4.18. The second kappa shape index (κ2) is 6.34. The van der Waals surface area contributed by atoms with Crippen LogP contribution in [0.4, 0.5) is 5.69 Å². The molecule has 1 aliphatic heterocycles. The molecule has 2 fully saturated rings. The molecule has 2 N–H and O–H groups in total. The largest absolute Gasteiger partial charge is 0.385 e. The fraction of sp³-hybridized carbons (Fsp3) is 0.600. The molecule has 21 heavy (non-hydrogen) atoms. The highest BCUT2D eigenvalue weighted by atomic mass is 32.2. The first kappa shape index (κ1) is 14.8. The molecule has 3 rings (SSSR count). The van der Waals surface area contributed by atoms with E-state index in [1.807, 2.05) is 12.1 Å². The quantitative estimate of drug-likeness (QED) is 0.809. The van der Waals surface area contributed by atoms with Gasteiger partial charge in [-0.15, -0.1) is 0 Å². The van der Waals surface area contributed by atoms with E-state index in [4.69, 9.17) is 4.74 Å². The van der Waals surface area contributed by atoms with Crippen molar-refractivity contribution in [1.82, 2.24) is 4.72 Å². The van der Waals surface area contributed by atoms with E-state index in [1.165, 1.54) is 0 Å². The van der Waals surface area contributed by atoms with Crippen molar-refractivity contribution < 1.29 is 13.2 Å². The summed E-state index contributed by atoms with van der Waals surface area (Å²) in [6, 6.07) is 7.07. The molecule has 0 spiro atoms. The maximum atomic E-state index is 12.0. The van der Waals surface area contributed by atoms with Crippen molar-refractivity contribution in [3.05, 3.63) is 24.3 Å². The summed E-state index contributed by atoms with van der Waals surface area (Å²) in [4.78, 5) is 0.332. The Hall–Kier alpha value is -1.11. The number of anilines is 1. The van der Waals surface area contributed by atoms with Gasteiger partial charge in [0.25, 0.3) is 0 Å². The molecule has 1 aliphatic carbocycles. The van der Waals surface area contributed by atoms with Gasteiger partial charge < -0.3 is 10.1 Å². The molecule has 0 amide bonds. The van der Waals surface area contributed by atoms with Crippen LogP contribution in [0.2, 0.25) is 0 Å². The first-order chi connectivity index (χ1) is 10.1. The third-order valence-electron chi connectivity index (χ3n) is 3.88. The predicted molar refractivity (Wildman–Crippen MR) is 81.9 cm³/mol. The summed E-state index contributed by atoms with van der Waals surface area (Å²) < 4.78 is 32.3. The number of sulfonamides is 1. The fourth-order valence-corrected chi connectivity index (χ4v) is 3.80. The molecule has 1 heterocycles. The number of rotatable bonds is 7. The molecule has 116 valence electrons. The van der Waals surface area contributed by atoms with Gasteiger partial charge in [-0.3, -0.25) is 0 Å². The average Bonchev–Trinajstić information content (AvgIpc) is 3.11. The van der Waals surface area contributed by atoms with Crippen LogP contribution in [0.1, 0.15) is 32.1 Å². The van der Waals surface area contributed by atoms with Gasteiger partial charge in [-0.25, -0.2) is 13.1 Å². The second-order valence-corrected chi connectivity index (χ2v) is 7.48. The molecule has 1 aromatic carbocycles. The maximum Gasteiger partial charge on any atom is 0.240 e. The van der Waals surface area contributed by atoms with Gasteiger partial charge in [0.15, 0.2) is 0 Å². The molecule has 1 saturated heterocycles. The molecule has 0 radical (unpaired) electrons. The minimum absolute atomic E-state index is 0.138. The number of nitrogens with one attached hydrogen (secondary N) is 2. The van der Waals surface area contributed by atoms with Gasteiger partial charge in [-0.2, -0.15) is 0 Å². The summed E-state index contributed by atoms with van der Waals surface area (Å²) in [5, 5.41) is 3.31. The van der Waals surface area contributed by atoms with Crippen LogP contribution in [0.3, 0.4) is 0 Å². The Bertz CT molecular complexity index is 561. The van der Waals surface area contributed by atoms with Crippen molar-refractivity contribution in [1.29, 1.82) is 0 Å². The Balaban J connectivity index is 1.51. The van der Waals surface area contributed by atoms with Gasteiger partial charge in [-0.05, 0) is 56.4 Å². The molecule has 2 aliphatic rings. The second-order valence-electron chi connectivity index (χ2n) is 5.77. The summed E-state index contributed by atoms with van der Waals surface area (Å²) in [5.41, 5.74) is 0.943. The van der Waals surface area contributed by atoms with Crippen molar-refractivity contribution in [2.75, 3.05) is 18.5 Å². The minimum Gasteiger partial charge on any atom is -0.385 e. The Morgan fingerprint density at radius 2 is 1.90 bits per heavy atom.